The standard InChI is InChI=1S/C20H22BF3O3/c1-14-12-19(2,3)27-21(26-14)18-10-9-16(11-17(18)20(22,23)24)25-13-15-7-5-4-6-8-15/h4-11,14H,12-13H2,1-3H3. The van der Waals surface area contributed by atoms with Gasteiger partial charge < -0.3 is 14.0 Å². The molecule has 7 heteroatoms. The highest BCUT2D eigenvalue weighted by atomic mass is 19.4. The Morgan fingerprint density at radius 3 is 2.48 bits per heavy atom. The fraction of sp³-hybridized carbons (Fsp3) is 0.400. The summed E-state index contributed by atoms with van der Waals surface area (Å²) in [6.07, 6.45) is -4.13. The molecule has 0 amide bonds. The Kier molecular flexibility index (Phi) is 5.54. The first kappa shape index (κ1) is 19.8. The van der Waals surface area contributed by atoms with Crippen LogP contribution in [-0.2, 0) is 22.1 Å². The number of alkyl halides is 3. The van der Waals surface area contributed by atoms with E-state index in [2.05, 4.69) is 0 Å². The molecule has 0 radical (unpaired) electrons. The minimum absolute atomic E-state index is 0.0332. The third-order valence-electron chi connectivity index (χ3n) is 4.39. The van der Waals surface area contributed by atoms with Crippen LogP contribution in [0.15, 0.2) is 48.5 Å². The molecule has 3 rings (SSSR count). The van der Waals surface area contributed by atoms with Crippen LogP contribution < -0.4 is 10.2 Å². The Morgan fingerprint density at radius 1 is 1.15 bits per heavy atom. The molecule has 144 valence electrons. The minimum atomic E-state index is -4.54. The van der Waals surface area contributed by atoms with E-state index in [1.54, 1.807) is 0 Å². The molecule has 3 nitrogen and oxygen atoms in total. The van der Waals surface area contributed by atoms with Crippen molar-refractivity contribution in [1.82, 2.24) is 0 Å². The van der Waals surface area contributed by atoms with Crippen molar-refractivity contribution in [3.05, 3.63) is 59.7 Å². The van der Waals surface area contributed by atoms with Crippen molar-refractivity contribution in [2.24, 2.45) is 0 Å². The van der Waals surface area contributed by atoms with Crippen molar-refractivity contribution in [1.29, 1.82) is 0 Å². The summed E-state index contributed by atoms with van der Waals surface area (Å²) in [5, 5.41) is 0. The molecule has 1 aliphatic rings. The summed E-state index contributed by atoms with van der Waals surface area (Å²) in [4.78, 5) is 0. The molecule has 0 spiro atoms. The van der Waals surface area contributed by atoms with Gasteiger partial charge in [-0.3, -0.25) is 0 Å². The lowest BCUT2D eigenvalue weighted by Crippen LogP contribution is -2.53. The van der Waals surface area contributed by atoms with Crippen LogP contribution in [-0.4, -0.2) is 18.8 Å². The van der Waals surface area contributed by atoms with Crippen molar-refractivity contribution < 1.29 is 27.2 Å². The van der Waals surface area contributed by atoms with E-state index in [4.69, 9.17) is 14.0 Å². The third kappa shape index (κ3) is 5.05. The SMILES string of the molecule is CC1CC(C)(C)OB(c2ccc(OCc3ccccc3)cc2C(F)(F)F)O1. The average Bonchev–Trinajstić information content (AvgIpc) is 2.58. The van der Waals surface area contributed by atoms with Crippen LogP contribution in [0.3, 0.4) is 0 Å². The first-order valence-electron chi connectivity index (χ1n) is 8.85. The van der Waals surface area contributed by atoms with Gasteiger partial charge in [-0.2, -0.15) is 13.2 Å². The van der Waals surface area contributed by atoms with Crippen LogP contribution in [0.4, 0.5) is 13.2 Å². The normalized spacial score (nSPS) is 19.8. The van der Waals surface area contributed by atoms with Gasteiger partial charge in [0.1, 0.15) is 12.4 Å². The van der Waals surface area contributed by atoms with Crippen LogP contribution in [0.25, 0.3) is 0 Å². The highest BCUT2D eigenvalue weighted by Gasteiger charge is 2.44. The zero-order valence-electron chi connectivity index (χ0n) is 15.5. The summed E-state index contributed by atoms with van der Waals surface area (Å²) in [5.74, 6) is 0.151. The highest BCUT2D eigenvalue weighted by molar-refractivity contribution is 6.62. The number of hydrogen-bond donors (Lipinski definition) is 0. The predicted octanol–water partition coefficient (Wildman–Crippen LogP) is 4.58. The van der Waals surface area contributed by atoms with Gasteiger partial charge in [0.25, 0.3) is 0 Å². The van der Waals surface area contributed by atoms with Crippen LogP contribution >= 0.6 is 0 Å². The van der Waals surface area contributed by atoms with Gasteiger partial charge in [-0.15, -0.1) is 0 Å². The second-order valence-corrected chi connectivity index (χ2v) is 7.38. The molecule has 0 saturated carbocycles. The molecule has 2 aromatic carbocycles. The Balaban J connectivity index is 1.86. The first-order valence-corrected chi connectivity index (χ1v) is 8.85. The molecule has 2 aromatic rings. The van der Waals surface area contributed by atoms with Gasteiger partial charge >= 0.3 is 13.3 Å². The Bertz CT molecular complexity index is 778. The van der Waals surface area contributed by atoms with Gasteiger partial charge in [0.2, 0.25) is 0 Å². The monoisotopic (exact) mass is 378 g/mol. The lowest BCUT2D eigenvalue weighted by atomic mass is 9.72. The largest absolute Gasteiger partial charge is 0.495 e. The maximum atomic E-state index is 13.7. The van der Waals surface area contributed by atoms with Crippen LogP contribution in [0.2, 0.25) is 0 Å². The van der Waals surface area contributed by atoms with E-state index < -0.39 is 24.5 Å². The second-order valence-electron chi connectivity index (χ2n) is 7.38. The van der Waals surface area contributed by atoms with Crippen molar-refractivity contribution in [2.75, 3.05) is 0 Å². The summed E-state index contributed by atoms with van der Waals surface area (Å²) in [5.41, 5.74) is -0.518. The number of rotatable bonds is 4. The molecule has 0 N–H and O–H groups in total. The fourth-order valence-electron chi connectivity index (χ4n) is 3.27. The van der Waals surface area contributed by atoms with Gasteiger partial charge in [0.05, 0.1) is 11.2 Å². The lowest BCUT2D eigenvalue weighted by Gasteiger charge is -2.38. The third-order valence-corrected chi connectivity index (χ3v) is 4.39. The van der Waals surface area contributed by atoms with Gasteiger partial charge in [-0.1, -0.05) is 36.4 Å². The maximum Gasteiger partial charge on any atom is 0.495 e. The maximum absolute atomic E-state index is 13.7. The molecule has 0 bridgehead atoms. The number of hydrogen-bond acceptors (Lipinski definition) is 3. The van der Waals surface area contributed by atoms with Crippen molar-refractivity contribution in [3.8, 4) is 5.75 Å². The Hall–Kier alpha value is -1.99. The fourth-order valence-corrected chi connectivity index (χ4v) is 3.27. The van der Waals surface area contributed by atoms with Crippen molar-refractivity contribution in [2.45, 2.75) is 51.7 Å². The molecule has 1 fully saturated rings. The van der Waals surface area contributed by atoms with Crippen LogP contribution in [0.5, 0.6) is 5.75 Å². The second kappa shape index (κ2) is 7.56. The van der Waals surface area contributed by atoms with E-state index in [1.165, 1.54) is 12.1 Å². The molecule has 1 saturated heterocycles. The summed E-state index contributed by atoms with van der Waals surface area (Å²) in [6, 6.07) is 13.2. The number of halogens is 3. The van der Waals surface area contributed by atoms with Crippen LogP contribution in [0, 0.1) is 0 Å². The molecule has 1 aliphatic heterocycles. The number of benzene rings is 2. The summed E-state index contributed by atoms with van der Waals surface area (Å²) >= 11 is 0. The molecule has 0 aromatic heterocycles. The highest BCUT2D eigenvalue weighted by Crippen LogP contribution is 2.33. The lowest BCUT2D eigenvalue weighted by molar-refractivity contribution is -0.137. The first-order chi connectivity index (χ1) is 12.6. The quantitative estimate of drug-likeness (QED) is 0.729. The van der Waals surface area contributed by atoms with Gasteiger partial charge in [0.15, 0.2) is 0 Å². The van der Waals surface area contributed by atoms with E-state index in [0.29, 0.717) is 6.42 Å². The van der Waals surface area contributed by atoms with Gasteiger partial charge in [-0.05, 0) is 50.4 Å². The molecular weight excluding hydrogens is 356 g/mol. The zero-order valence-corrected chi connectivity index (χ0v) is 15.5. The van der Waals surface area contributed by atoms with Crippen LogP contribution in [0.1, 0.15) is 38.3 Å². The summed E-state index contributed by atoms with van der Waals surface area (Å²) < 4.78 is 58.0. The van der Waals surface area contributed by atoms with Crippen molar-refractivity contribution in [3.63, 3.8) is 0 Å². The summed E-state index contributed by atoms with van der Waals surface area (Å²) in [7, 11) is -1.07. The number of ether oxygens (including phenoxy) is 1. The molecule has 1 heterocycles. The Labute approximate surface area is 157 Å². The van der Waals surface area contributed by atoms with Crippen molar-refractivity contribution >= 4 is 12.6 Å². The zero-order chi connectivity index (χ0) is 19.7. The van der Waals surface area contributed by atoms with E-state index >= 15 is 0 Å². The molecular formula is C20H22BF3O3. The van der Waals surface area contributed by atoms with E-state index in [9.17, 15) is 13.2 Å². The van der Waals surface area contributed by atoms with Gasteiger partial charge in [-0.25, -0.2) is 0 Å². The molecule has 1 unspecified atom stereocenters. The molecule has 1 atom stereocenters. The predicted molar refractivity (Wildman–Crippen MR) is 97.9 cm³/mol. The Morgan fingerprint density at radius 2 is 1.85 bits per heavy atom. The van der Waals surface area contributed by atoms with E-state index in [-0.39, 0.29) is 23.9 Å². The molecule has 0 aliphatic carbocycles. The van der Waals surface area contributed by atoms with E-state index in [0.717, 1.165) is 11.6 Å². The van der Waals surface area contributed by atoms with Gasteiger partial charge in [0, 0.05) is 6.10 Å². The average molecular weight is 378 g/mol. The topological polar surface area (TPSA) is 27.7 Å². The minimum Gasteiger partial charge on any atom is -0.489 e. The summed E-state index contributed by atoms with van der Waals surface area (Å²) in [6.45, 7) is 5.73. The van der Waals surface area contributed by atoms with E-state index in [1.807, 2.05) is 51.1 Å². The smallest absolute Gasteiger partial charge is 0.489 e. The molecule has 27 heavy (non-hydrogen) atoms.